The van der Waals surface area contributed by atoms with Crippen molar-refractivity contribution in [1.29, 1.82) is 0 Å². The zero-order valence-electron chi connectivity index (χ0n) is 8.69. The van der Waals surface area contributed by atoms with Crippen molar-refractivity contribution >= 4 is 25.5 Å². The van der Waals surface area contributed by atoms with E-state index in [1.165, 1.54) is 18.8 Å². The van der Waals surface area contributed by atoms with Gasteiger partial charge in [-0.1, -0.05) is 0 Å². The van der Waals surface area contributed by atoms with Gasteiger partial charge in [0.05, 0.1) is 20.2 Å². The maximum absolute atomic E-state index is 11.1. The summed E-state index contributed by atoms with van der Waals surface area (Å²) in [4.78, 5) is 32.6. The molecule has 1 atom stereocenters. The number of rotatable bonds is 6. The summed E-state index contributed by atoms with van der Waals surface area (Å²) in [6.45, 7) is 1.82. The van der Waals surface area contributed by atoms with E-state index < -0.39 is 13.7 Å². The number of hydrogen-bond donors (Lipinski definition) is 0. The predicted molar refractivity (Wildman–Crippen MR) is 55.3 cm³/mol. The van der Waals surface area contributed by atoms with E-state index in [1.54, 1.807) is 6.92 Å². The lowest BCUT2D eigenvalue weighted by molar-refractivity contribution is -0.156. The Balaban J connectivity index is 4.30. The van der Waals surface area contributed by atoms with E-state index in [2.05, 4.69) is 9.47 Å². The fraction of sp³-hybridized carbons (Fsp3) is 0.556. The van der Waals surface area contributed by atoms with Crippen LogP contribution in [0.15, 0.2) is 5.57 Å². The first-order chi connectivity index (χ1) is 7.15. The van der Waals surface area contributed by atoms with Gasteiger partial charge in [-0.25, -0.2) is 9.59 Å². The fourth-order valence-corrected chi connectivity index (χ4v) is 1.50. The Labute approximate surface area is 89.2 Å². The molecule has 84 valence electrons. The molecule has 0 saturated heterocycles. The van der Waals surface area contributed by atoms with Crippen LogP contribution in [-0.2, 0) is 19.1 Å². The highest BCUT2D eigenvalue weighted by molar-refractivity contribution is 7.49. The van der Waals surface area contributed by atoms with Crippen LogP contribution in [0, 0.1) is 0 Å². The van der Waals surface area contributed by atoms with Crippen molar-refractivity contribution in [3.8, 4) is 0 Å². The first-order valence-electron chi connectivity index (χ1n) is 4.32. The van der Waals surface area contributed by atoms with Gasteiger partial charge in [-0.05, 0) is 6.92 Å². The molecule has 0 rings (SSSR count). The van der Waals surface area contributed by atoms with Crippen LogP contribution in [0.4, 0.5) is 0 Å². The van der Waals surface area contributed by atoms with Gasteiger partial charge >= 0.3 is 5.97 Å². The van der Waals surface area contributed by atoms with Crippen LogP contribution in [0.1, 0.15) is 13.3 Å². The summed E-state index contributed by atoms with van der Waals surface area (Å²) >= 11 is 0. The Morgan fingerprint density at radius 1 is 1.60 bits per heavy atom. The van der Waals surface area contributed by atoms with E-state index in [0.717, 1.165) is 0 Å². The minimum absolute atomic E-state index is 0.0130. The van der Waals surface area contributed by atoms with Gasteiger partial charge in [0.25, 0.3) is 0 Å². The fourth-order valence-electron chi connectivity index (χ4n) is 0.758. The molecule has 0 aromatic carbocycles. The number of carbonyl (C=O) groups is 1. The van der Waals surface area contributed by atoms with Crippen molar-refractivity contribution in [3.05, 3.63) is 5.57 Å². The topological polar surface area (TPSA) is 75.7 Å². The number of hydrogen-bond acceptors (Lipinski definition) is 5. The molecular weight excluding hydrogens is 219 g/mol. The van der Waals surface area contributed by atoms with Gasteiger partial charge in [-0.3, -0.25) is 0 Å². The van der Waals surface area contributed by atoms with E-state index >= 15 is 0 Å². The third kappa shape index (κ3) is 6.15. The van der Waals surface area contributed by atoms with Crippen molar-refractivity contribution in [2.75, 3.05) is 20.1 Å². The second-order valence-electron chi connectivity index (χ2n) is 2.52. The van der Waals surface area contributed by atoms with Gasteiger partial charge < -0.3 is 14.4 Å². The summed E-state index contributed by atoms with van der Waals surface area (Å²) in [7, 11) is -0.238. The first-order valence-corrected chi connectivity index (χ1v) is 5.84. The Kier molecular flexibility index (Phi) is 7.78. The highest BCUT2D eigenvalue weighted by Crippen LogP contribution is 2.11. The Hall–Kier alpha value is -0.990. The van der Waals surface area contributed by atoms with Crippen LogP contribution in [0.2, 0.25) is 0 Å². The van der Waals surface area contributed by atoms with E-state index in [1.807, 2.05) is 0 Å². The molecule has 0 fully saturated rings. The minimum Gasteiger partial charge on any atom is -0.629 e. The molecule has 0 aromatic rings. The molecule has 0 spiro atoms. The quantitative estimate of drug-likeness (QED) is 0.276. The van der Waals surface area contributed by atoms with E-state index in [9.17, 15) is 14.5 Å². The van der Waals surface area contributed by atoms with Gasteiger partial charge in [0.2, 0.25) is 6.35 Å². The van der Waals surface area contributed by atoms with Crippen molar-refractivity contribution < 1.29 is 24.0 Å². The average molecular weight is 232 g/mol. The van der Waals surface area contributed by atoms with Gasteiger partial charge in [0.15, 0.2) is 0 Å². The molecule has 5 nitrogen and oxygen atoms in total. The Bertz CT molecular complexity index is 291. The maximum atomic E-state index is 11.1. The maximum Gasteiger partial charge on any atom is 0.345 e. The van der Waals surface area contributed by atoms with Crippen molar-refractivity contribution in [2.24, 2.45) is 0 Å². The number of methoxy groups -OCH3 is 1. The molecular formula is C9H13O5P. The summed E-state index contributed by atoms with van der Waals surface area (Å²) in [6, 6.07) is 0. The summed E-state index contributed by atoms with van der Waals surface area (Å²) in [5.41, 5.74) is -0.156. The molecule has 0 amide bonds. The van der Waals surface area contributed by atoms with Gasteiger partial charge in [-0.15, -0.1) is 0 Å². The van der Waals surface area contributed by atoms with Gasteiger partial charge in [0.1, 0.15) is 11.5 Å². The molecule has 0 aliphatic heterocycles. The molecule has 0 radical (unpaired) electrons. The minimum atomic E-state index is -1.66. The number of ether oxygens (including phenoxy) is 2. The lowest BCUT2D eigenvalue weighted by atomic mass is 10.2. The van der Waals surface area contributed by atoms with Crippen LogP contribution in [0.5, 0.6) is 0 Å². The van der Waals surface area contributed by atoms with E-state index in [4.69, 9.17) is 0 Å². The summed E-state index contributed by atoms with van der Waals surface area (Å²) in [6.07, 6.45) is 0.0607. The van der Waals surface area contributed by atoms with Gasteiger partial charge in [-0.2, -0.15) is 0 Å². The van der Waals surface area contributed by atoms with E-state index in [0.29, 0.717) is 0 Å². The highest BCUT2D eigenvalue weighted by Gasteiger charge is 2.11. The molecule has 0 saturated carbocycles. The first kappa shape index (κ1) is 14.0. The molecule has 0 aromatic heterocycles. The van der Waals surface area contributed by atoms with Crippen LogP contribution >= 0.6 is 7.77 Å². The van der Waals surface area contributed by atoms with Crippen LogP contribution < -0.4 is 4.89 Å². The summed E-state index contributed by atoms with van der Waals surface area (Å²) in [5, 5.41) is 0. The molecule has 15 heavy (non-hydrogen) atoms. The summed E-state index contributed by atoms with van der Waals surface area (Å²) < 4.78 is 9.24. The normalized spacial score (nSPS) is 10.7. The lowest BCUT2D eigenvalue weighted by Gasteiger charge is -2.00. The Morgan fingerprint density at radius 2 is 2.27 bits per heavy atom. The molecule has 0 aliphatic rings. The van der Waals surface area contributed by atoms with Crippen molar-refractivity contribution in [1.82, 2.24) is 0 Å². The summed E-state index contributed by atoms with van der Waals surface area (Å²) in [5.74, 6) is 2.10. The van der Waals surface area contributed by atoms with Crippen molar-refractivity contribution in [3.63, 3.8) is 0 Å². The molecule has 1 unspecified atom stereocenters. The lowest BCUT2D eigenvalue weighted by Crippen LogP contribution is -2.09. The largest absolute Gasteiger partial charge is 0.629 e. The van der Waals surface area contributed by atoms with Crippen molar-refractivity contribution in [2.45, 2.75) is 13.3 Å². The molecule has 0 heterocycles. The van der Waals surface area contributed by atoms with Crippen LogP contribution in [0.3, 0.4) is 0 Å². The number of esters is 1. The van der Waals surface area contributed by atoms with Crippen LogP contribution in [0.25, 0.3) is 0 Å². The zero-order valence-corrected chi connectivity index (χ0v) is 9.58. The number of carbonyl (C=O) groups excluding carboxylic acids is 2. The monoisotopic (exact) mass is 232 g/mol. The Morgan fingerprint density at radius 3 is 2.73 bits per heavy atom. The second kappa shape index (κ2) is 8.33. The van der Waals surface area contributed by atoms with Gasteiger partial charge in [0, 0.05) is 13.5 Å². The molecule has 6 heteroatoms. The average Bonchev–Trinajstić information content (AvgIpc) is 2.19. The molecule has 0 N–H and O–H groups in total. The standard InChI is InChI=1S/C9H13O5P/c1-3-14-9(11)8(6-10)4-5-15(12)7-13-2/h5H,3-4,7H2,1-2H3. The second-order valence-corrected chi connectivity index (χ2v) is 3.98. The third-order valence-electron chi connectivity index (χ3n) is 1.40. The van der Waals surface area contributed by atoms with Crippen LogP contribution in [-0.4, -0.2) is 37.8 Å². The molecule has 0 bridgehead atoms. The SMILES string of the molecule is CCOC(=O)C(=C=O)CC=[P+]([O-])COC. The smallest absolute Gasteiger partial charge is 0.345 e. The van der Waals surface area contributed by atoms with E-state index in [-0.39, 0.29) is 24.9 Å². The predicted octanol–water partition coefficient (Wildman–Crippen LogP) is -0.139. The highest BCUT2D eigenvalue weighted by atomic mass is 31.1. The third-order valence-corrected chi connectivity index (χ3v) is 2.50. The zero-order chi connectivity index (χ0) is 11.7. The molecule has 0 aliphatic carbocycles.